The van der Waals surface area contributed by atoms with Gasteiger partial charge in [0.15, 0.2) is 0 Å². The summed E-state index contributed by atoms with van der Waals surface area (Å²) in [5.41, 5.74) is 15.5. The molecular weight excluding hydrogens is 1100 g/mol. The Kier molecular flexibility index (Phi) is 28.4. The van der Waals surface area contributed by atoms with Crippen LogP contribution in [0.1, 0.15) is 222 Å². The van der Waals surface area contributed by atoms with Crippen LogP contribution in [0.3, 0.4) is 0 Å². The number of unbranched alkanes of at least 4 members (excludes halogenated alkanes) is 14. The summed E-state index contributed by atoms with van der Waals surface area (Å²) in [7, 11) is 5.38. The Bertz CT molecular complexity index is 2710. The van der Waals surface area contributed by atoms with Gasteiger partial charge in [-0.05, 0) is 142 Å². The molecule has 1 saturated heterocycles. The van der Waals surface area contributed by atoms with Crippen LogP contribution in [0.5, 0.6) is 0 Å². The van der Waals surface area contributed by atoms with Crippen LogP contribution in [0.15, 0.2) is 59.7 Å². The van der Waals surface area contributed by atoms with Gasteiger partial charge in [0.2, 0.25) is 29.5 Å². The van der Waals surface area contributed by atoms with Crippen LogP contribution in [0.2, 0.25) is 0 Å². The van der Waals surface area contributed by atoms with Crippen molar-refractivity contribution >= 4 is 52.7 Å². The Morgan fingerprint density at radius 2 is 1.06 bits per heavy atom. The van der Waals surface area contributed by atoms with E-state index in [-0.39, 0.29) is 60.6 Å². The number of likely N-dealkylation sites (tertiary alicyclic amines) is 1. The van der Waals surface area contributed by atoms with Crippen LogP contribution >= 0.6 is 0 Å². The van der Waals surface area contributed by atoms with Gasteiger partial charge in [0.05, 0.1) is 38.5 Å². The largest absolute Gasteiger partial charge is 0.444 e. The van der Waals surface area contributed by atoms with Crippen molar-refractivity contribution in [2.75, 3.05) is 89.7 Å². The fourth-order valence-electron chi connectivity index (χ4n) is 12.5. The fraction of sp³-hybridized carbons (Fsp3) is 0.647. The zero-order chi connectivity index (χ0) is 62.8. The normalized spacial score (nSPS) is 17.3. The minimum absolute atomic E-state index is 0.0405. The minimum Gasteiger partial charge on any atom is -0.444 e. The highest BCUT2D eigenvalue weighted by molar-refractivity contribution is 5.94. The third-order valence-corrected chi connectivity index (χ3v) is 17.1. The fourth-order valence-corrected chi connectivity index (χ4v) is 12.5. The Balaban J connectivity index is 1.19. The maximum atomic E-state index is 14.6. The number of rotatable bonds is 39. The third kappa shape index (κ3) is 21.1. The van der Waals surface area contributed by atoms with Gasteiger partial charge >= 0.3 is 6.09 Å². The molecule has 3 aromatic rings. The van der Waals surface area contributed by atoms with Gasteiger partial charge in [0, 0.05) is 99.3 Å². The molecule has 19 heteroatoms. The second-order valence-corrected chi connectivity index (χ2v) is 25.2. The summed E-state index contributed by atoms with van der Waals surface area (Å²) in [6, 6.07) is 18.0. The second kappa shape index (κ2) is 35.5. The number of carbonyl (C=O) groups is 6. The maximum absolute atomic E-state index is 14.6. The highest BCUT2D eigenvalue weighted by Crippen LogP contribution is 2.62. The number of nitrogens with zero attached hydrogens (tertiary/aromatic N) is 6. The first kappa shape index (κ1) is 69.6. The number of alkyl carbamates (subject to hydrolysis) is 1. The number of benzene rings is 3. The average Bonchev–Trinajstić information content (AvgIpc) is 0.949. The van der Waals surface area contributed by atoms with Crippen molar-refractivity contribution in [2.45, 2.75) is 211 Å². The number of azide groups is 1. The zero-order valence-electron chi connectivity index (χ0n) is 53.7. The molecule has 0 spiro atoms. The first-order valence-corrected chi connectivity index (χ1v) is 32.6. The lowest BCUT2D eigenvalue weighted by Crippen LogP contribution is -2.43. The van der Waals surface area contributed by atoms with Crippen molar-refractivity contribution in [3.8, 4) is 0 Å². The smallest absolute Gasteiger partial charge is 0.407 e. The quantitative estimate of drug-likeness (QED) is 0.0182. The van der Waals surface area contributed by atoms with Crippen LogP contribution in [-0.2, 0) is 43.6 Å². The molecule has 7 rings (SSSR count). The van der Waals surface area contributed by atoms with E-state index in [2.05, 4.69) is 81.5 Å². The van der Waals surface area contributed by atoms with E-state index < -0.39 is 17.1 Å². The molecule has 3 aliphatic carbocycles. The predicted molar refractivity (Wildman–Crippen MR) is 344 cm³/mol. The summed E-state index contributed by atoms with van der Waals surface area (Å²) in [4.78, 5) is 88.9. The van der Waals surface area contributed by atoms with Gasteiger partial charge in [-0.1, -0.05) is 121 Å². The van der Waals surface area contributed by atoms with E-state index in [0.29, 0.717) is 102 Å². The molecule has 19 nitrogen and oxygen atoms in total. The van der Waals surface area contributed by atoms with E-state index in [1.807, 2.05) is 50.9 Å². The van der Waals surface area contributed by atoms with Crippen LogP contribution in [0, 0.1) is 0 Å². The molecule has 4 N–H and O–H groups in total. The summed E-state index contributed by atoms with van der Waals surface area (Å²) in [5.74, 6) is -0.498. The predicted octanol–water partition coefficient (Wildman–Crippen LogP) is 13.1. The molecule has 1 aliphatic heterocycles. The molecule has 0 aromatic heterocycles. The van der Waals surface area contributed by atoms with Crippen molar-refractivity contribution in [2.24, 2.45) is 5.11 Å². The lowest BCUT2D eigenvalue weighted by Gasteiger charge is -2.51. The summed E-state index contributed by atoms with van der Waals surface area (Å²) in [6.07, 6.45) is 18.9. The molecule has 6 amide bonds. The number of likely N-dealkylation sites (N-methyl/N-ethyl adjacent to an activating group) is 3. The molecule has 0 radical (unpaired) electrons. The van der Waals surface area contributed by atoms with E-state index in [9.17, 15) is 28.8 Å². The van der Waals surface area contributed by atoms with E-state index >= 15 is 0 Å². The van der Waals surface area contributed by atoms with Gasteiger partial charge in [0.25, 0.3) is 0 Å². The first-order chi connectivity index (χ1) is 41.9. The van der Waals surface area contributed by atoms with Gasteiger partial charge in [-0.15, -0.1) is 0 Å². The van der Waals surface area contributed by atoms with Crippen molar-refractivity contribution in [1.29, 1.82) is 0 Å². The number of ether oxygens (including phenoxy) is 3. The molecule has 1 fully saturated rings. The molecular formula is C68H102N10O9. The molecule has 2 atom stereocenters. The summed E-state index contributed by atoms with van der Waals surface area (Å²) < 4.78 is 17.1. The van der Waals surface area contributed by atoms with Crippen LogP contribution in [0.4, 0.5) is 21.9 Å². The van der Waals surface area contributed by atoms with E-state index in [0.717, 1.165) is 110 Å². The number of nitrogens with one attached hydrogen (secondary N) is 4. The zero-order valence-corrected chi connectivity index (χ0v) is 53.7. The van der Waals surface area contributed by atoms with Crippen LogP contribution < -0.4 is 21.3 Å². The number of anilines is 3. The van der Waals surface area contributed by atoms with Crippen molar-refractivity contribution in [3.63, 3.8) is 0 Å². The lowest BCUT2D eigenvalue weighted by molar-refractivity contribution is -0.135. The number of hydrogen-bond donors (Lipinski definition) is 4. The van der Waals surface area contributed by atoms with E-state index in [1.165, 1.54) is 25.7 Å². The Morgan fingerprint density at radius 3 is 1.51 bits per heavy atom. The monoisotopic (exact) mass is 1200 g/mol. The van der Waals surface area contributed by atoms with Gasteiger partial charge in [-0.3, -0.25) is 28.9 Å². The number of amides is 6. The third-order valence-electron chi connectivity index (χ3n) is 17.1. The summed E-state index contributed by atoms with van der Waals surface area (Å²) in [6.45, 7) is 12.9. The SMILES string of the molecule is CCCCCCCCC(=O)Nc1ccc2c(c1)C1(CCC(=O)N(C)CCOCCOCCN(C)C(=O)C3CC(N=[N+]=[N-])CN3C)c3cc(NC(=O)CCCCCCCC)ccc3C2c2ccc(NC(=O)CCCCCCCNC(=O)OC(C)(C)C)cc21. The Labute approximate surface area is 518 Å². The van der Waals surface area contributed by atoms with Gasteiger partial charge in [-0.2, -0.15) is 0 Å². The highest BCUT2D eigenvalue weighted by Gasteiger charge is 2.52. The van der Waals surface area contributed by atoms with E-state index in [4.69, 9.17) is 19.7 Å². The van der Waals surface area contributed by atoms with Crippen LogP contribution in [0.25, 0.3) is 10.4 Å². The summed E-state index contributed by atoms with van der Waals surface area (Å²) in [5, 5.41) is 16.3. The van der Waals surface area contributed by atoms with Gasteiger partial charge in [-0.25, -0.2) is 4.79 Å². The minimum atomic E-state index is -0.946. The van der Waals surface area contributed by atoms with Crippen molar-refractivity contribution < 1.29 is 43.0 Å². The Morgan fingerprint density at radius 1 is 0.621 bits per heavy atom. The second-order valence-electron chi connectivity index (χ2n) is 25.2. The molecule has 2 bridgehead atoms. The average molecular weight is 1200 g/mol. The standard InChI is InChI=1S/C68H102N10O9/c1-9-11-13-15-18-22-26-60(79)71-49-29-32-53-56(44-49)68(36-35-63(82)76(6)38-40-85-42-43-86-41-39-77(7)65(83)59-47-52(74-75-69)48-78(59)8)57-45-50(72-61(80)27-23-19-16-14-12-10-2)30-33-54(57)64(53)55-34-31-51(46-58(55)68)73-62(81)28-24-20-17-21-25-37-70-66(84)87-67(3,4)5/h29-34,44-46,52,59,64H,9-28,35-43,47-48H2,1-8H3,(H,70,84)(H,71,79)(H,72,80)(H,73,81). The maximum Gasteiger partial charge on any atom is 0.407 e. The molecule has 2 unspecified atom stereocenters. The van der Waals surface area contributed by atoms with E-state index in [1.54, 1.807) is 23.9 Å². The van der Waals surface area contributed by atoms with Gasteiger partial charge in [0.1, 0.15) is 5.60 Å². The van der Waals surface area contributed by atoms with Crippen molar-refractivity contribution in [1.82, 2.24) is 20.0 Å². The van der Waals surface area contributed by atoms with Crippen molar-refractivity contribution in [3.05, 3.63) is 98.4 Å². The molecule has 478 valence electrons. The highest BCUT2D eigenvalue weighted by atomic mass is 16.6. The first-order valence-electron chi connectivity index (χ1n) is 32.6. The lowest BCUT2D eigenvalue weighted by atomic mass is 9.51. The molecule has 87 heavy (non-hydrogen) atoms. The van der Waals surface area contributed by atoms with Crippen LogP contribution in [-0.4, -0.2) is 142 Å². The number of hydrogen-bond acceptors (Lipinski definition) is 11. The summed E-state index contributed by atoms with van der Waals surface area (Å²) >= 11 is 0. The topological polar surface area (TPSA) is 237 Å². The molecule has 4 aliphatic rings. The number of carbonyl (C=O) groups excluding carboxylic acids is 6. The van der Waals surface area contributed by atoms with Gasteiger partial charge < -0.3 is 45.3 Å². The Hall–Kier alpha value is -6.53. The molecule has 0 saturated carbocycles. The molecule has 3 aromatic carbocycles. The molecule has 1 heterocycles.